The Balaban J connectivity index is 1.67. The fourth-order valence-corrected chi connectivity index (χ4v) is 3.38. The lowest BCUT2D eigenvalue weighted by Gasteiger charge is -2.28. The summed E-state index contributed by atoms with van der Waals surface area (Å²) in [7, 11) is 0. The van der Waals surface area contributed by atoms with E-state index in [0.717, 1.165) is 22.4 Å². The molecular weight excluding hydrogens is 340 g/mol. The second kappa shape index (κ2) is 6.96. The van der Waals surface area contributed by atoms with Crippen molar-refractivity contribution in [2.24, 2.45) is 5.92 Å². The minimum Gasteiger partial charge on any atom is -0.489 e. The molecule has 1 aliphatic heterocycles. The van der Waals surface area contributed by atoms with Gasteiger partial charge in [-0.1, -0.05) is 42.5 Å². The molecule has 6 nitrogen and oxygen atoms in total. The number of aromatic amines is 1. The molecule has 134 valence electrons. The zero-order valence-corrected chi connectivity index (χ0v) is 14.8. The molecule has 0 radical (unpaired) electrons. The molecule has 0 spiro atoms. The Kier molecular flexibility index (Phi) is 4.35. The number of nitrogens with zero attached hydrogens (tertiary/aromatic N) is 2. The molecular formula is C21H18N4O2. The minimum absolute atomic E-state index is 0.0860. The van der Waals surface area contributed by atoms with Crippen molar-refractivity contribution in [1.82, 2.24) is 10.2 Å². The minimum atomic E-state index is -0.710. The lowest BCUT2D eigenvalue weighted by molar-refractivity contribution is 0.305. The normalized spacial score (nSPS) is 18.3. The number of rotatable bonds is 4. The molecule has 0 aliphatic carbocycles. The quantitative estimate of drug-likeness (QED) is 0.738. The van der Waals surface area contributed by atoms with Crippen molar-refractivity contribution in [3.63, 3.8) is 0 Å². The van der Waals surface area contributed by atoms with Gasteiger partial charge in [0.15, 0.2) is 0 Å². The summed E-state index contributed by atoms with van der Waals surface area (Å²) in [6, 6.07) is 19.8. The molecule has 0 saturated carbocycles. The van der Waals surface area contributed by atoms with Gasteiger partial charge in [0.25, 0.3) is 0 Å². The second-order valence-electron chi connectivity index (χ2n) is 6.46. The van der Waals surface area contributed by atoms with Crippen LogP contribution in [0.5, 0.6) is 11.6 Å². The number of nitriles is 1. The number of ether oxygens (including phenoxy) is 2. The maximum absolute atomic E-state index is 9.64. The number of hydrogen-bond acceptors (Lipinski definition) is 5. The molecule has 4 rings (SSSR count). The van der Waals surface area contributed by atoms with Gasteiger partial charge in [0.1, 0.15) is 18.3 Å². The monoisotopic (exact) mass is 358 g/mol. The molecule has 1 aliphatic rings. The van der Waals surface area contributed by atoms with Gasteiger partial charge in [-0.25, -0.2) is 0 Å². The molecule has 2 unspecified atom stereocenters. The smallest absolute Gasteiger partial charge is 0.243 e. The van der Waals surface area contributed by atoms with Crippen LogP contribution in [-0.4, -0.2) is 16.1 Å². The van der Waals surface area contributed by atoms with E-state index in [2.05, 4.69) is 16.3 Å². The lowest BCUT2D eigenvalue weighted by atomic mass is 9.79. The van der Waals surface area contributed by atoms with Crippen molar-refractivity contribution in [3.8, 4) is 17.7 Å². The third kappa shape index (κ3) is 3.15. The van der Waals surface area contributed by atoms with Crippen molar-refractivity contribution < 1.29 is 9.47 Å². The highest BCUT2D eigenvalue weighted by atomic mass is 16.5. The van der Waals surface area contributed by atoms with Gasteiger partial charge in [-0.05, 0) is 30.2 Å². The van der Waals surface area contributed by atoms with Gasteiger partial charge in [0.05, 0.1) is 6.07 Å². The maximum Gasteiger partial charge on any atom is 0.243 e. The van der Waals surface area contributed by atoms with Crippen molar-refractivity contribution >= 4 is 5.90 Å². The van der Waals surface area contributed by atoms with Gasteiger partial charge in [0, 0.05) is 17.2 Å². The van der Waals surface area contributed by atoms with Crippen LogP contribution in [0.15, 0.2) is 54.6 Å². The summed E-state index contributed by atoms with van der Waals surface area (Å²) in [5.74, 6) is -0.0427. The Morgan fingerprint density at radius 3 is 2.81 bits per heavy atom. The van der Waals surface area contributed by atoms with Crippen LogP contribution in [0.1, 0.15) is 28.3 Å². The second-order valence-corrected chi connectivity index (χ2v) is 6.46. The van der Waals surface area contributed by atoms with Gasteiger partial charge in [-0.2, -0.15) is 5.26 Å². The highest BCUT2D eigenvalue weighted by Crippen LogP contribution is 2.43. The van der Waals surface area contributed by atoms with E-state index in [1.54, 1.807) is 0 Å². The number of benzene rings is 2. The fourth-order valence-electron chi connectivity index (χ4n) is 3.38. The first-order chi connectivity index (χ1) is 13.2. The topological polar surface area (TPSA) is 94.8 Å². The Morgan fingerprint density at radius 1 is 1.22 bits per heavy atom. The number of aromatic nitrogens is 2. The summed E-state index contributed by atoms with van der Waals surface area (Å²) in [6.45, 7) is 2.35. The average molecular weight is 358 g/mol. The molecule has 0 bridgehead atoms. The molecule has 2 N–H and O–H groups in total. The van der Waals surface area contributed by atoms with Crippen LogP contribution < -0.4 is 9.47 Å². The molecule has 6 heteroatoms. The van der Waals surface area contributed by atoms with E-state index in [0.29, 0.717) is 18.2 Å². The number of hydrogen-bond donors (Lipinski definition) is 2. The predicted molar refractivity (Wildman–Crippen MR) is 99.8 cm³/mol. The number of H-pyrrole nitrogens is 1. The summed E-state index contributed by atoms with van der Waals surface area (Å²) < 4.78 is 11.4. The van der Waals surface area contributed by atoms with Gasteiger partial charge in [0.2, 0.25) is 11.8 Å². The molecule has 2 heterocycles. The largest absolute Gasteiger partial charge is 0.489 e. The van der Waals surface area contributed by atoms with Crippen LogP contribution in [-0.2, 0) is 6.61 Å². The standard InChI is InChI=1S/C21H18N4O2/c1-13-18-19(17(11-22)20(23)27-21(18)25-24-13)15-8-5-9-16(10-15)26-12-14-6-3-2-4-7-14/h2-10,17,19,23H,12H2,1H3,(H,24,25). The van der Waals surface area contributed by atoms with E-state index < -0.39 is 5.92 Å². The molecule has 0 saturated heterocycles. The third-order valence-electron chi connectivity index (χ3n) is 4.70. The maximum atomic E-state index is 9.64. The van der Waals surface area contributed by atoms with Gasteiger partial charge in [-0.15, -0.1) is 5.10 Å². The van der Waals surface area contributed by atoms with E-state index in [-0.39, 0.29) is 11.8 Å². The van der Waals surface area contributed by atoms with Gasteiger partial charge >= 0.3 is 0 Å². The van der Waals surface area contributed by atoms with Crippen molar-refractivity contribution in [2.45, 2.75) is 19.4 Å². The molecule has 0 fully saturated rings. The molecule has 27 heavy (non-hydrogen) atoms. The average Bonchev–Trinajstić information content (AvgIpc) is 3.06. The molecule has 0 amide bonds. The van der Waals surface area contributed by atoms with Crippen molar-refractivity contribution in [2.75, 3.05) is 0 Å². The molecule has 2 aromatic carbocycles. The molecule has 2 atom stereocenters. The Morgan fingerprint density at radius 2 is 2.04 bits per heavy atom. The first-order valence-corrected chi connectivity index (χ1v) is 8.65. The van der Waals surface area contributed by atoms with Crippen molar-refractivity contribution in [1.29, 1.82) is 10.7 Å². The van der Waals surface area contributed by atoms with E-state index in [1.165, 1.54) is 0 Å². The highest BCUT2D eigenvalue weighted by Gasteiger charge is 2.39. The summed E-state index contributed by atoms with van der Waals surface area (Å²) in [5, 5.41) is 24.7. The fraction of sp³-hybridized carbons (Fsp3) is 0.190. The zero-order chi connectivity index (χ0) is 18.8. The molecule has 3 aromatic rings. The summed E-state index contributed by atoms with van der Waals surface area (Å²) >= 11 is 0. The number of fused-ring (bicyclic) bond motifs is 1. The van der Waals surface area contributed by atoms with E-state index >= 15 is 0 Å². The Hall–Kier alpha value is -3.59. The van der Waals surface area contributed by atoms with Crippen LogP contribution in [0.4, 0.5) is 0 Å². The van der Waals surface area contributed by atoms with Crippen molar-refractivity contribution in [3.05, 3.63) is 77.0 Å². The Labute approximate surface area is 156 Å². The van der Waals surface area contributed by atoms with Crippen LogP contribution in [0.25, 0.3) is 0 Å². The van der Waals surface area contributed by atoms with Gasteiger partial charge in [-0.3, -0.25) is 10.5 Å². The third-order valence-corrected chi connectivity index (χ3v) is 4.70. The van der Waals surface area contributed by atoms with E-state index in [9.17, 15) is 5.26 Å². The summed E-state index contributed by atoms with van der Waals surface area (Å²) in [6.07, 6.45) is 0. The van der Waals surface area contributed by atoms with E-state index in [4.69, 9.17) is 14.9 Å². The first-order valence-electron chi connectivity index (χ1n) is 8.65. The number of nitrogens with one attached hydrogen (secondary N) is 2. The van der Waals surface area contributed by atoms with Crippen LogP contribution in [0.3, 0.4) is 0 Å². The SMILES string of the molecule is Cc1[nH]nc2c1C(c1cccc(OCc3ccccc3)c1)C(C#N)C(=N)O2. The van der Waals surface area contributed by atoms with Crippen LogP contribution >= 0.6 is 0 Å². The van der Waals surface area contributed by atoms with Crippen LogP contribution in [0.2, 0.25) is 0 Å². The van der Waals surface area contributed by atoms with Crippen LogP contribution in [0, 0.1) is 29.6 Å². The summed E-state index contributed by atoms with van der Waals surface area (Å²) in [5.41, 5.74) is 3.63. The first kappa shape index (κ1) is 16.9. The number of aryl methyl sites for hydroxylation is 1. The summed E-state index contributed by atoms with van der Waals surface area (Å²) in [4.78, 5) is 0. The highest BCUT2D eigenvalue weighted by molar-refractivity contribution is 5.84. The molecule has 1 aromatic heterocycles. The zero-order valence-electron chi connectivity index (χ0n) is 14.8. The predicted octanol–water partition coefficient (Wildman–Crippen LogP) is 3.94. The van der Waals surface area contributed by atoms with E-state index in [1.807, 2.05) is 61.5 Å². The lowest BCUT2D eigenvalue weighted by Crippen LogP contribution is -2.31. The Bertz CT molecular complexity index is 1020. The van der Waals surface area contributed by atoms with Gasteiger partial charge < -0.3 is 9.47 Å².